The lowest BCUT2D eigenvalue weighted by Gasteiger charge is -2.13. The molecule has 0 saturated carbocycles. The highest BCUT2D eigenvalue weighted by molar-refractivity contribution is 7.92. The van der Waals surface area contributed by atoms with Crippen molar-refractivity contribution in [3.8, 4) is 11.1 Å². The maximum Gasteiger partial charge on any atom is 0.314 e. The van der Waals surface area contributed by atoms with E-state index in [0.717, 1.165) is 5.56 Å². The summed E-state index contributed by atoms with van der Waals surface area (Å²) < 4.78 is 30.3. The van der Waals surface area contributed by atoms with Crippen LogP contribution in [0.1, 0.15) is 5.56 Å². The lowest BCUT2D eigenvalue weighted by Crippen LogP contribution is -2.29. The van der Waals surface area contributed by atoms with Gasteiger partial charge in [0, 0.05) is 11.8 Å². The van der Waals surface area contributed by atoms with Crippen molar-refractivity contribution in [1.82, 2.24) is 24.6 Å². The van der Waals surface area contributed by atoms with Crippen molar-refractivity contribution in [3.63, 3.8) is 0 Å². The molecule has 3 aromatic heterocycles. The number of aromatic amines is 2. The number of benzene rings is 2. The monoisotopic (exact) mass is 482 g/mol. The molecule has 0 aliphatic heterocycles. The number of nitrogens with zero attached hydrogens (tertiary/aromatic N) is 3. The predicted octanol–water partition coefficient (Wildman–Crippen LogP) is 2.69. The standard InChI is InChI=1S/C21H15ClN6O4S/c1-11-6-16-17(26-21(30)20(29)25-16)9-18(11)33(31,32)27-13-2-3-14(15(22)8-13)12-4-5-28-19(7-12)23-10-24-28/h2-10,27H,1H3,(H,25,29)(H,26,30). The summed E-state index contributed by atoms with van der Waals surface area (Å²) >= 11 is 6.45. The molecule has 10 nitrogen and oxygen atoms in total. The first-order valence-electron chi connectivity index (χ1n) is 9.60. The Hall–Kier alpha value is -3.96. The first kappa shape index (κ1) is 20.9. The molecule has 5 rings (SSSR count). The van der Waals surface area contributed by atoms with E-state index in [4.69, 9.17) is 11.6 Å². The lowest BCUT2D eigenvalue weighted by molar-refractivity contribution is 0.600. The summed E-state index contributed by atoms with van der Waals surface area (Å²) in [6, 6.07) is 11.3. The van der Waals surface area contributed by atoms with Gasteiger partial charge in [-0.15, -0.1) is 0 Å². The fourth-order valence-electron chi connectivity index (χ4n) is 3.55. The Bertz CT molecular complexity index is 1790. The van der Waals surface area contributed by atoms with Gasteiger partial charge in [0.25, 0.3) is 10.0 Å². The topological polar surface area (TPSA) is 142 Å². The second kappa shape index (κ2) is 7.57. The minimum absolute atomic E-state index is 0.0462. The number of H-pyrrole nitrogens is 2. The van der Waals surface area contributed by atoms with Gasteiger partial charge in [-0.05, 0) is 54.4 Å². The molecule has 2 aromatic carbocycles. The van der Waals surface area contributed by atoms with Crippen molar-refractivity contribution in [1.29, 1.82) is 0 Å². The van der Waals surface area contributed by atoms with Crippen molar-refractivity contribution in [2.24, 2.45) is 0 Å². The van der Waals surface area contributed by atoms with Gasteiger partial charge in [-0.25, -0.2) is 17.9 Å². The predicted molar refractivity (Wildman–Crippen MR) is 124 cm³/mol. The van der Waals surface area contributed by atoms with Gasteiger partial charge in [0.15, 0.2) is 5.65 Å². The number of aromatic nitrogens is 5. The van der Waals surface area contributed by atoms with Crippen LogP contribution in [0.4, 0.5) is 5.69 Å². The maximum atomic E-state index is 13.1. The average molecular weight is 483 g/mol. The normalized spacial score (nSPS) is 11.8. The number of hydrogen-bond donors (Lipinski definition) is 3. The number of rotatable bonds is 4. The van der Waals surface area contributed by atoms with Gasteiger partial charge in [0.2, 0.25) is 0 Å². The molecule has 0 radical (unpaired) electrons. The van der Waals surface area contributed by atoms with Crippen LogP contribution >= 0.6 is 11.6 Å². The molecule has 0 fully saturated rings. The zero-order valence-corrected chi connectivity index (χ0v) is 18.5. The fourth-order valence-corrected chi connectivity index (χ4v) is 5.14. The third-order valence-corrected chi connectivity index (χ3v) is 6.96. The number of aryl methyl sites for hydroxylation is 1. The second-order valence-electron chi connectivity index (χ2n) is 7.35. The number of anilines is 1. The van der Waals surface area contributed by atoms with Gasteiger partial charge in [0.1, 0.15) is 6.33 Å². The molecule has 0 saturated heterocycles. The van der Waals surface area contributed by atoms with Crippen molar-refractivity contribution in [2.45, 2.75) is 11.8 Å². The molecular formula is C21H15ClN6O4S. The summed E-state index contributed by atoms with van der Waals surface area (Å²) in [6.07, 6.45) is 3.20. The van der Waals surface area contributed by atoms with Crippen LogP contribution in [0.15, 0.2) is 69.5 Å². The third-order valence-electron chi connectivity index (χ3n) is 5.12. The van der Waals surface area contributed by atoms with E-state index in [-0.39, 0.29) is 16.1 Å². The molecule has 166 valence electrons. The highest BCUT2D eigenvalue weighted by Crippen LogP contribution is 2.32. The van der Waals surface area contributed by atoms with Crippen LogP contribution in [0.2, 0.25) is 5.02 Å². The Labute approximate surface area is 190 Å². The minimum atomic E-state index is -4.02. The largest absolute Gasteiger partial charge is 0.316 e. The Balaban J connectivity index is 1.50. The number of hydrogen-bond acceptors (Lipinski definition) is 6. The molecular weight excluding hydrogens is 468 g/mol. The first-order chi connectivity index (χ1) is 15.7. The molecule has 0 unspecified atom stereocenters. The molecule has 0 atom stereocenters. The summed E-state index contributed by atoms with van der Waals surface area (Å²) in [5.74, 6) is 0. The quantitative estimate of drug-likeness (QED) is 0.336. The highest BCUT2D eigenvalue weighted by Gasteiger charge is 2.19. The Morgan fingerprint density at radius 3 is 2.45 bits per heavy atom. The number of halogens is 1. The fraction of sp³-hybridized carbons (Fsp3) is 0.0476. The maximum absolute atomic E-state index is 13.1. The van der Waals surface area contributed by atoms with E-state index in [2.05, 4.69) is 24.8 Å². The third kappa shape index (κ3) is 3.77. The van der Waals surface area contributed by atoms with Gasteiger partial charge in [-0.2, -0.15) is 5.10 Å². The molecule has 12 heteroatoms. The summed E-state index contributed by atoms with van der Waals surface area (Å²) in [7, 11) is -4.02. The highest BCUT2D eigenvalue weighted by atomic mass is 35.5. The van der Waals surface area contributed by atoms with E-state index >= 15 is 0 Å². The van der Waals surface area contributed by atoms with Crippen molar-refractivity contribution < 1.29 is 8.42 Å². The second-order valence-corrected chi connectivity index (χ2v) is 9.41. The minimum Gasteiger partial charge on any atom is -0.316 e. The van der Waals surface area contributed by atoms with Crippen LogP contribution in [0.5, 0.6) is 0 Å². The first-order valence-corrected chi connectivity index (χ1v) is 11.5. The average Bonchev–Trinajstić information content (AvgIpc) is 3.22. The van der Waals surface area contributed by atoms with Gasteiger partial charge in [0.05, 0.1) is 26.6 Å². The molecule has 0 amide bonds. The molecule has 33 heavy (non-hydrogen) atoms. The molecule has 0 spiro atoms. The zero-order chi connectivity index (χ0) is 23.3. The number of sulfonamides is 1. The molecule has 5 aromatic rings. The summed E-state index contributed by atoms with van der Waals surface area (Å²) in [5, 5.41) is 4.40. The Kier molecular flexibility index (Phi) is 4.80. The number of nitrogens with one attached hydrogen (secondary N) is 3. The van der Waals surface area contributed by atoms with Gasteiger partial charge >= 0.3 is 11.1 Å². The summed E-state index contributed by atoms with van der Waals surface area (Å²) in [6.45, 7) is 1.59. The smallest absolute Gasteiger partial charge is 0.314 e. The van der Waals surface area contributed by atoms with E-state index in [0.29, 0.717) is 27.3 Å². The molecule has 0 bridgehead atoms. The Morgan fingerprint density at radius 2 is 1.73 bits per heavy atom. The zero-order valence-electron chi connectivity index (χ0n) is 17.0. The summed E-state index contributed by atoms with van der Waals surface area (Å²) in [5.41, 5.74) is 1.66. The van der Waals surface area contributed by atoms with E-state index in [1.807, 2.05) is 12.1 Å². The van der Waals surface area contributed by atoms with E-state index < -0.39 is 21.1 Å². The number of pyridine rings is 1. The molecule has 0 aliphatic rings. The Morgan fingerprint density at radius 1 is 1.00 bits per heavy atom. The van der Waals surface area contributed by atoms with Crippen LogP contribution < -0.4 is 15.8 Å². The van der Waals surface area contributed by atoms with Crippen LogP contribution in [-0.2, 0) is 10.0 Å². The van der Waals surface area contributed by atoms with Crippen molar-refractivity contribution in [3.05, 3.63) is 86.3 Å². The van der Waals surface area contributed by atoms with Gasteiger partial charge in [-0.3, -0.25) is 14.3 Å². The van der Waals surface area contributed by atoms with Crippen LogP contribution in [0.3, 0.4) is 0 Å². The van der Waals surface area contributed by atoms with Gasteiger partial charge in [-0.1, -0.05) is 17.7 Å². The van der Waals surface area contributed by atoms with E-state index in [1.165, 1.54) is 24.5 Å². The molecule has 3 N–H and O–H groups in total. The summed E-state index contributed by atoms with van der Waals surface area (Å²) in [4.78, 5) is 32.1. The van der Waals surface area contributed by atoms with E-state index in [9.17, 15) is 18.0 Å². The number of fused-ring (bicyclic) bond motifs is 2. The molecule has 3 heterocycles. The SMILES string of the molecule is Cc1cc2[nH]c(=O)c(=O)[nH]c2cc1S(=O)(=O)Nc1ccc(-c2ccn3ncnc3c2)c(Cl)c1. The van der Waals surface area contributed by atoms with Gasteiger partial charge < -0.3 is 9.97 Å². The van der Waals surface area contributed by atoms with Crippen LogP contribution in [0, 0.1) is 6.92 Å². The molecule has 0 aliphatic carbocycles. The van der Waals surface area contributed by atoms with Crippen molar-refractivity contribution in [2.75, 3.05) is 4.72 Å². The van der Waals surface area contributed by atoms with E-state index in [1.54, 1.807) is 29.8 Å². The van der Waals surface area contributed by atoms with Crippen LogP contribution in [0.25, 0.3) is 27.8 Å². The van der Waals surface area contributed by atoms with Crippen LogP contribution in [-0.4, -0.2) is 33.0 Å². The lowest BCUT2D eigenvalue weighted by atomic mass is 10.1. The van der Waals surface area contributed by atoms with Crippen molar-refractivity contribution >= 4 is 44.0 Å².